The first-order valence-electron chi connectivity index (χ1n) is 8.40. The van der Waals surface area contributed by atoms with Crippen LogP contribution in [0.3, 0.4) is 0 Å². The summed E-state index contributed by atoms with van der Waals surface area (Å²) >= 11 is 0. The van der Waals surface area contributed by atoms with Gasteiger partial charge in [0.1, 0.15) is 23.7 Å². The Kier molecular flexibility index (Phi) is 5.50. The minimum atomic E-state index is -0.624. The van der Waals surface area contributed by atoms with E-state index in [-0.39, 0.29) is 0 Å². The second-order valence-corrected chi connectivity index (χ2v) is 7.35. The molecule has 25 heavy (non-hydrogen) atoms. The highest BCUT2D eigenvalue weighted by Gasteiger charge is 2.38. The van der Waals surface area contributed by atoms with E-state index in [4.69, 9.17) is 9.47 Å². The zero-order chi connectivity index (χ0) is 18.8. The summed E-state index contributed by atoms with van der Waals surface area (Å²) in [6.45, 7) is 9.39. The average Bonchev–Trinajstić information content (AvgIpc) is 2.98. The zero-order valence-corrected chi connectivity index (χ0v) is 15.4. The molecule has 0 bridgehead atoms. The Labute approximate surface area is 148 Å². The van der Waals surface area contributed by atoms with E-state index in [0.717, 1.165) is 12.7 Å². The maximum absolute atomic E-state index is 12.6. The van der Waals surface area contributed by atoms with Gasteiger partial charge < -0.3 is 9.47 Å². The number of hydrogen-bond acceptors (Lipinski definition) is 5. The van der Waals surface area contributed by atoms with Crippen LogP contribution < -0.4 is 4.74 Å². The van der Waals surface area contributed by atoms with Crippen molar-refractivity contribution in [3.8, 4) is 5.75 Å². The minimum absolute atomic E-state index is 0.410. The summed E-state index contributed by atoms with van der Waals surface area (Å²) in [5, 5.41) is 0. The van der Waals surface area contributed by atoms with Crippen molar-refractivity contribution < 1.29 is 23.9 Å². The first-order valence-corrected chi connectivity index (χ1v) is 8.40. The van der Waals surface area contributed by atoms with E-state index >= 15 is 0 Å². The van der Waals surface area contributed by atoms with Crippen molar-refractivity contribution in [2.75, 3.05) is 6.54 Å². The summed E-state index contributed by atoms with van der Waals surface area (Å²) < 4.78 is 10.9. The molecule has 6 nitrogen and oxygen atoms in total. The molecule has 0 spiro atoms. The fourth-order valence-corrected chi connectivity index (χ4v) is 2.96. The number of amides is 1. The number of ether oxygens (including phenoxy) is 2. The number of likely N-dealkylation sites (tertiary alicyclic amines) is 1. The van der Waals surface area contributed by atoms with Crippen LogP contribution in [0.2, 0.25) is 0 Å². The molecule has 1 amide bonds. The molecule has 0 aromatic heterocycles. The van der Waals surface area contributed by atoms with Gasteiger partial charge in [-0.1, -0.05) is 0 Å². The number of esters is 1. The van der Waals surface area contributed by atoms with Gasteiger partial charge in [-0.3, -0.25) is 9.69 Å². The van der Waals surface area contributed by atoms with E-state index in [1.54, 1.807) is 46.8 Å². The van der Waals surface area contributed by atoms with E-state index in [9.17, 15) is 14.4 Å². The van der Waals surface area contributed by atoms with Gasteiger partial charge in [-0.2, -0.15) is 0 Å². The number of hydrogen-bond donors (Lipinski definition) is 0. The monoisotopic (exact) mass is 347 g/mol. The van der Waals surface area contributed by atoms with Crippen LogP contribution in [0, 0.1) is 13.8 Å². The SMILES string of the molecule is Cc1cc(C=O)cc(C)c1OC(=O)N1CCC[C@@H]1C(=O)OC(C)(C)C. The highest BCUT2D eigenvalue weighted by Crippen LogP contribution is 2.27. The van der Waals surface area contributed by atoms with Crippen LogP contribution in [-0.4, -0.2) is 41.4 Å². The number of nitrogens with zero attached hydrogens (tertiary/aromatic N) is 1. The van der Waals surface area contributed by atoms with E-state index in [2.05, 4.69) is 0 Å². The van der Waals surface area contributed by atoms with Gasteiger partial charge in [0, 0.05) is 12.1 Å². The Morgan fingerprint density at radius 3 is 2.32 bits per heavy atom. The third-order valence-electron chi connectivity index (χ3n) is 3.97. The van der Waals surface area contributed by atoms with Crippen LogP contribution >= 0.6 is 0 Å². The van der Waals surface area contributed by atoms with E-state index in [1.807, 2.05) is 0 Å². The second-order valence-electron chi connectivity index (χ2n) is 7.35. The first-order chi connectivity index (χ1) is 11.6. The van der Waals surface area contributed by atoms with Crippen molar-refractivity contribution in [1.29, 1.82) is 0 Å². The molecule has 1 heterocycles. The average molecular weight is 347 g/mol. The molecule has 1 saturated heterocycles. The molecule has 136 valence electrons. The fourth-order valence-electron chi connectivity index (χ4n) is 2.96. The summed E-state index contributed by atoms with van der Waals surface area (Å²) in [5.41, 5.74) is 1.32. The normalized spacial score (nSPS) is 17.3. The summed E-state index contributed by atoms with van der Waals surface area (Å²) in [6.07, 6.45) is 1.47. The lowest BCUT2D eigenvalue weighted by molar-refractivity contribution is -0.159. The maximum Gasteiger partial charge on any atom is 0.416 e. The molecule has 0 aliphatic carbocycles. The van der Waals surface area contributed by atoms with Crippen LogP contribution in [0.25, 0.3) is 0 Å². The molecule has 1 aliphatic heterocycles. The molecule has 0 saturated carbocycles. The standard InChI is InChI=1S/C19H25NO5/c1-12-9-14(11-21)10-13(2)16(12)24-18(23)20-8-6-7-15(20)17(22)25-19(3,4)5/h9-11,15H,6-8H2,1-5H3/t15-/m1/s1. The smallest absolute Gasteiger partial charge is 0.416 e. The Balaban J connectivity index is 2.15. The molecule has 1 aliphatic rings. The predicted octanol–water partition coefficient (Wildman–Crippen LogP) is 3.42. The molecule has 6 heteroatoms. The fraction of sp³-hybridized carbons (Fsp3) is 0.526. The summed E-state index contributed by atoms with van der Waals surface area (Å²) in [5.74, 6) is 0.0112. The van der Waals surface area contributed by atoms with E-state index in [1.165, 1.54) is 4.90 Å². The Bertz CT molecular complexity index is 667. The molecular weight excluding hydrogens is 322 g/mol. The highest BCUT2D eigenvalue weighted by molar-refractivity contribution is 5.83. The molecule has 1 aromatic rings. The second kappa shape index (κ2) is 7.25. The molecule has 0 N–H and O–H groups in total. The number of rotatable bonds is 3. The maximum atomic E-state index is 12.6. The lowest BCUT2D eigenvalue weighted by Gasteiger charge is -2.27. The lowest BCUT2D eigenvalue weighted by Crippen LogP contribution is -2.44. The zero-order valence-electron chi connectivity index (χ0n) is 15.4. The molecule has 2 rings (SSSR count). The molecule has 1 fully saturated rings. The van der Waals surface area contributed by atoms with E-state index < -0.39 is 23.7 Å². The molecule has 1 atom stereocenters. The predicted molar refractivity (Wildman–Crippen MR) is 92.9 cm³/mol. The van der Waals surface area contributed by atoms with Gasteiger partial charge in [0.15, 0.2) is 0 Å². The van der Waals surface area contributed by atoms with Gasteiger partial charge in [0.25, 0.3) is 0 Å². The molecular formula is C19H25NO5. The summed E-state index contributed by atoms with van der Waals surface area (Å²) in [6, 6.07) is 2.71. The van der Waals surface area contributed by atoms with Crippen LogP contribution in [0.15, 0.2) is 12.1 Å². The van der Waals surface area contributed by atoms with Crippen molar-refractivity contribution in [1.82, 2.24) is 4.90 Å². The summed E-state index contributed by atoms with van der Waals surface area (Å²) in [4.78, 5) is 37.3. The number of aryl methyl sites for hydroxylation is 2. The van der Waals surface area contributed by atoms with Crippen molar-refractivity contribution in [2.24, 2.45) is 0 Å². The van der Waals surface area contributed by atoms with Gasteiger partial charge in [-0.25, -0.2) is 9.59 Å². The van der Waals surface area contributed by atoms with E-state index in [0.29, 0.717) is 35.4 Å². The quantitative estimate of drug-likeness (QED) is 0.619. The first kappa shape index (κ1) is 19.0. The van der Waals surface area contributed by atoms with Crippen LogP contribution in [0.1, 0.15) is 55.1 Å². The highest BCUT2D eigenvalue weighted by atomic mass is 16.6. The van der Waals surface area contributed by atoms with Gasteiger partial charge >= 0.3 is 12.1 Å². The molecule has 0 unspecified atom stereocenters. The molecule has 1 aromatic carbocycles. The van der Waals surface area contributed by atoms with Crippen molar-refractivity contribution >= 4 is 18.3 Å². The summed E-state index contributed by atoms with van der Waals surface area (Å²) in [7, 11) is 0. The van der Waals surface area contributed by atoms with Crippen molar-refractivity contribution in [3.63, 3.8) is 0 Å². The number of aldehydes is 1. The third kappa shape index (κ3) is 4.59. The number of benzene rings is 1. The van der Waals surface area contributed by atoms with Gasteiger partial charge in [-0.05, 0) is 70.7 Å². The Hall–Kier alpha value is -2.37. The third-order valence-corrected chi connectivity index (χ3v) is 3.97. The van der Waals surface area contributed by atoms with Crippen LogP contribution in [0.5, 0.6) is 5.75 Å². The van der Waals surface area contributed by atoms with Gasteiger partial charge in [0.05, 0.1) is 0 Å². The number of carbonyl (C=O) groups is 3. The number of carbonyl (C=O) groups excluding carboxylic acids is 3. The Morgan fingerprint density at radius 1 is 1.20 bits per heavy atom. The lowest BCUT2D eigenvalue weighted by atomic mass is 10.1. The largest absolute Gasteiger partial charge is 0.458 e. The Morgan fingerprint density at radius 2 is 1.80 bits per heavy atom. The van der Waals surface area contributed by atoms with Gasteiger partial charge in [-0.15, -0.1) is 0 Å². The topological polar surface area (TPSA) is 72.9 Å². The van der Waals surface area contributed by atoms with Gasteiger partial charge in [0.2, 0.25) is 0 Å². The minimum Gasteiger partial charge on any atom is -0.458 e. The van der Waals surface area contributed by atoms with Crippen LogP contribution in [0.4, 0.5) is 4.79 Å². The van der Waals surface area contributed by atoms with Crippen molar-refractivity contribution in [3.05, 3.63) is 28.8 Å². The molecule has 0 radical (unpaired) electrons. The van der Waals surface area contributed by atoms with Crippen LogP contribution in [-0.2, 0) is 9.53 Å². The van der Waals surface area contributed by atoms with Crippen molar-refractivity contribution in [2.45, 2.75) is 59.1 Å².